The number of sulfone groups is 1. The van der Waals surface area contributed by atoms with E-state index in [1.165, 1.54) is 0 Å². The van der Waals surface area contributed by atoms with E-state index in [0.717, 1.165) is 5.56 Å². The molecule has 1 saturated carbocycles. The summed E-state index contributed by atoms with van der Waals surface area (Å²) in [5, 5.41) is -0.469. The van der Waals surface area contributed by atoms with Crippen LogP contribution in [0.5, 0.6) is 0 Å². The highest BCUT2D eigenvalue weighted by molar-refractivity contribution is 7.91. The molecule has 0 amide bonds. The molecule has 1 atom stereocenters. The van der Waals surface area contributed by atoms with Gasteiger partial charge in [-0.3, -0.25) is 4.79 Å². The van der Waals surface area contributed by atoms with E-state index in [1.54, 1.807) is 0 Å². The molecule has 0 N–H and O–H groups in total. The summed E-state index contributed by atoms with van der Waals surface area (Å²) in [6, 6.07) is 9.14. The third-order valence-corrected chi connectivity index (χ3v) is 5.31. The van der Waals surface area contributed by atoms with E-state index in [0.29, 0.717) is 19.3 Å². The molecule has 92 valence electrons. The molecule has 1 aliphatic rings. The maximum absolute atomic E-state index is 12.1. The van der Waals surface area contributed by atoms with E-state index in [-0.39, 0.29) is 18.0 Å². The van der Waals surface area contributed by atoms with Gasteiger partial charge in [0.25, 0.3) is 0 Å². The molecule has 3 nitrogen and oxygen atoms in total. The highest BCUT2D eigenvalue weighted by Gasteiger charge is 2.30. The highest BCUT2D eigenvalue weighted by atomic mass is 32.2. The lowest BCUT2D eigenvalue weighted by molar-refractivity contribution is -0.120. The Labute approximate surface area is 102 Å². The average Bonchev–Trinajstić information content (AvgIpc) is 2.30. The first-order chi connectivity index (χ1) is 8.08. The second-order valence-corrected chi connectivity index (χ2v) is 6.83. The molecule has 1 aromatic carbocycles. The topological polar surface area (TPSA) is 51.2 Å². The van der Waals surface area contributed by atoms with Gasteiger partial charge in [-0.2, -0.15) is 0 Å². The second kappa shape index (κ2) is 5.00. The SMILES string of the molecule is O=C1CCCC(S(=O)(=O)Cc2ccccc2)C1. The number of Topliss-reactive ketones (excluding diaryl/α,β-unsaturated/α-hetero) is 1. The summed E-state index contributed by atoms with van der Waals surface area (Å²) < 4.78 is 24.3. The zero-order valence-corrected chi connectivity index (χ0v) is 10.4. The van der Waals surface area contributed by atoms with Crippen LogP contribution in [0, 0.1) is 0 Å². The number of carbonyl (C=O) groups is 1. The van der Waals surface area contributed by atoms with Gasteiger partial charge in [0.15, 0.2) is 9.84 Å². The van der Waals surface area contributed by atoms with Gasteiger partial charge in [0.2, 0.25) is 0 Å². The Morgan fingerprint density at radius 1 is 1.18 bits per heavy atom. The summed E-state index contributed by atoms with van der Waals surface area (Å²) in [5.74, 6) is 0.129. The normalized spacial score (nSPS) is 21.4. The van der Waals surface area contributed by atoms with E-state index in [9.17, 15) is 13.2 Å². The molecular weight excluding hydrogens is 236 g/mol. The monoisotopic (exact) mass is 252 g/mol. The Morgan fingerprint density at radius 2 is 1.88 bits per heavy atom. The van der Waals surface area contributed by atoms with Crippen LogP contribution in [0.2, 0.25) is 0 Å². The van der Waals surface area contributed by atoms with Crippen molar-refractivity contribution in [3.63, 3.8) is 0 Å². The Morgan fingerprint density at radius 3 is 2.53 bits per heavy atom. The zero-order chi connectivity index (χ0) is 12.3. The van der Waals surface area contributed by atoms with Gasteiger partial charge in [-0.25, -0.2) is 8.42 Å². The summed E-state index contributed by atoms with van der Waals surface area (Å²) in [7, 11) is -3.19. The minimum atomic E-state index is -3.19. The van der Waals surface area contributed by atoms with Crippen molar-refractivity contribution in [3.05, 3.63) is 35.9 Å². The van der Waals surface area contributed by atoms with Gasteiger partial charge in [-0.05, 0) is 18.4 Å². The number of ketones is 1. The largest absolute Gasteiger partial charge is 0.300 e. The first kappa shape index (κ1) is 12.3. The standard InChI is InChI=1S/C13H16O3S/c14-12-7-4-8-13(9-12)17(15,16)10-11-5-2-1-3-6-11/h1-3,5-6,13H,4,7-10H2. The quantitative estimate of drug-likeness (QED) is 0.828. The lowest BCUT2D eigenvalue weighted by Crippen LogP contribution is -2.29. The molecule has 1 fully saturated rings. The molecule has 4 heteroatoms. The van der Waals surface area contributed by atoms with Gasteiger partial charge in [-0.1, -0.05) is 30.3 Å². The van der Waals surface area contributed by atoms with Crippen LogP contribution in [-0.4, -0.2) is 19.5 Å². The lowest BCUT2D eigenvalue weighted by Gasteiger charge is -2.20. The molecule has 0 saturated heterocycles. The minimum Gasteiger partial charge on any atom is -0.300 e. The molecule has 0 aromatic heterocycles. The van der Waals surface area contributed by atoms with Crippen molar-refractivity contribution in [1.82, 2.24) is 0 Å². The van der Waals surface area contributed by atoms with Crippen LogP contribution in [0.4, 0.5) is 0 Å². The van der Waals surface area contributed by atoms with E-state index >= 15 is 0 Å². The Kier molecular flexibility index (Phi) is 3.62. The van der Waals surface area contributed by atoms with Gasteiger partial charge in [-0.15, -0.1) is 0 Å². The Bertz CT molecular complexity index is 491. The lowest BCUT2D eigenvalue weighted by atomic mass is 9.99. The maximum atomic E-state index is 12.1. The molecule has 1 aliphatic carbocycles. The van der Waals surface area contributed by atoms with Crippen LogP contribution < -0.4 is 0 Å². The predicted octanol–water partition coefficient (Wildman–Crippen LogP) is 2.11. The fourth-order valence-corrected chi connectivity index (χ4v) is 4.07. The van der Waals surface area contributed by atoms with Crippen molar-refractivity contribution in [2.75, 3.05) is 0 Å². The van der Waals surface area contributed by atoms with Crippen LogP contribution >= 0.6 is 0 Å². The third kappa shape index (κ3) is 3.16. The van der Waals surface area contributed by atoms with Gasteiger partial charge < -0.3 is 0 Å². The number of benzene rings is 1. The van der Waals surface area contributed by atoms with Crippen molar-refractivity contribution in [2.45, 2.75) is 36.7 Å². The molecule has 1 aromatic rings. The molecule has 0 bridgehead atoms. The Hall–Kier alpha value is -1.16. The molecular formula is C13H16O3S. The molecule has 0 heterocycles. The molecule has 2 rings (SSSR count). The van der Waals surface area contributed by atoms with Crippen LogP contribution in [0.15, 0.2) is 30.3 Å². The summed E-state index contributed by atoms with van der Waals surface area (Å²) in [5.41, 5.74) is 0.797. The van der Waals surface area contributed by atoms with Crippen molar-refractivity contribution < 1.29 is 13.2 Å². The number of carbonyl (C=O) groups excluding carboxylic acids is 1. The predicted molar refractivity (Wildman–Crippen MR) is 66.3 cm³/mol. The van der Waals surface area contributed by atoms with E-state index in [1.807, 2.05) is 30.3 Å². The van der Waals surface area contributed by atoms with Crippen molar-refractivity contribution in [2.24, 2.45) is 0 Å². The molecule has 0 radical (unpaired) electrons. The number of rotatable bonds is 3. The number of hydrogen-bond acceptors (Lipinski definition) is 3. The molecule has 0 spiro atoms. The van der Waals surface area contributed by atoms with Crippen molar-refractivity contribution in [3.8, 4) is 0 Å². The van der Waals surface area contributed by atoms with Gasteiger partial charge in [0.1, 0.15) is 5.78 Å². The van der Waals surface area contributed by atoms with E-state index in [4.69, 9.17) is 0 Å². The minimum absolute atomic E-state index is 0.0474. The van der Waals surface area contributed by atoms with Gasteiger partial charge >= 0.3 is 0 Å². The van der Waals surface area contributed by atoms with E-state index < -0.39 is 15.1 Å². The van der Waals surface area contributed by atoms with E-state index in [2.05, 4.69) is 0 Å². The molecule has 0 aliphatic heterocycles. The van der Waals surface area contributed by atoms with Crippen LogP contribution in [0.25, 0.3) is 0 Å². The third-order valence-electron chi connectivity index (χ3n) is 3.16. The first-order valence-electron chi connectivity index (χ1n) is 5.85. The van der Waals surface area contributed by atoms with Crippen LogP contribution in [-0.2, 0) is 20.4 Å². The summed E-state index contributed by atoms with van der Waals surface area (Å²) in [4.78, 5) is 11.3. The summed E-state index contributed by atoms with van der Waals surface area (Å²) in [6.45, 7) is 0. The Balaban J connectivity index is 2.11. The summed E-state index contributed by atoms with van der Waals surface area (Å²) >= 11 is 0. The fourth-order valence-electron chi connectivity index (χ4n) is 2.22. The van der Waals surface area contributed by atoms with Crippen molar-refractivity contribution >= 4 is 15.6 Å². The van der Waals surface area contributed by atoms with Crippen molar-refractivity contribution in [1.29, 1.82) is 0 Å². The first-order valence-corrected chi connectivity index (χ1v) is 7.57. The van der Waals surface area contributed by atoms with Gasteiger partial charge in [0.05, 0.1) is 11.0 Å². The smallest absolute Gasteiger partial charge is 0.157 e. The van der Waals surface area contributed by atoms with Crippen LogP contribution in [0.3, 0.4) is 0 Å². The average molecular weight is 252 g/mol. The summed E-state index contributed by atoms with van der Waals surface area (Å²) in [6.07, 6.45) is 2.07. The maximum Gasteiger partial charge on any atom is 0.157 e. The van der Waals surface area contributed by atoms with Gasteiger partial charge in [0, 0.05) is 12.8 Å². The molecule has 1 unspecified atom stereocenters. The van der Waals surface area contributed by atoms with Crippen LogP contribution in [0.1, 0.15) is 31.2 Å². The fraction of sp³-hybridized carbons (Fsp3) is 0.462. The zero-order valence-electron chi connectivity index (χ0n) is 9.63. The number of hydrogen-bond donors (Lipinski definition) is 0. The highest BCUT2D eigenvalue weighted by Crippen LogP contribution is 2.24. The second-order valence-electron chi connectivity index (χ2n) is 4.55. The molecule has 17 heavy (non-hydrogen) atoms.